The average molecular weight is 500 g/mol. The fourth-order valence-corrected chi connectivity index (χ4v) is 6.28. The molecule has 1 aliphatic heterocycles. The predicted octanol–water partition coefficient (Wildman–Crippen LogP) is 3.00. The van der Waals surface area contributed by atoms with Gasteiger partial charge in [-0.15, -0.1) is 11.3 Å². The molecule has 0 atom stereocenters. The molecule has 178 valence electrons. The lowest BCUT2D eigenvalue weighted by atomic mass is 10.2. The first-order chi connectivity index (χ1) is 16.2. The van der Waals surface area contributed by atoms with E-state index in [0.29, 0.717) is 10.6 Å². The number of carbonyl (C=O) groups is 2. The van der Waals surface area contributed by atoms with Crippen molar-refractivity contribution in [3.63, 3.8) is 0 Å². The summed E-state index contributed by atoms with van der Waals surface area (Å²) < 4.78 is 33.5. The molecule has 1 saturated heterocycles. The van der Waals surface area contributed by atoms with Crippen molar-refractivity contribution < 1.29 is 22.7 Å². The van der Waals surface area contributed by atoms with E-state index < -0.39 is 22.6 Å². The van der Waals surface area contributed by atoms with E-state index in [1.54, 1.807) is 25.1 Å². The van der Waals surface area contributed by atoms with E-state index in [-0.39, 0.29) is 37.0 Å². The van der Waals surface area contributed by atoms with Crippen LogP contribution in [0.25, 0.3) is 16.3 Å². The number of hydrogen-bond donors (Lipinski definition) is 0. The molecule has 34 heavy (non-hydrogen) atoms. The molecule has 8 nitrogen and oxygen atoms in total. The van der Waals surface area contributed by atoms with Crippen molar-refractivity contribution in [2.24, 2.45) is 0 Å². The quantitative estimate of drug-likeness (QED) is 0.382. The lowest BCUT2D eigenvalue weighted by molar-refractivity contribution is -0.148. The monoisotopic (exact) mass is 499 g/mol. The highest BCUT2D eigenvalue weighted by Gasteiger charge is 2.31. The minimum Gasteiger partial charge on any atom is -0.452 e. The van der Waals surface area contributed by atoms with E-state index in [9.17, 15) is 18.0 Å². The Morgan fingerprint density at radius 1 is 1.09 bits per heavy atom. The molecule has 1 aromatic heterocycles. The second kappa shape index (κ2) is 10.0. The first-order valence-electron chi connectivity index (χ1n) is 10.8. The van der Waals surface area contributed by atoms with Crippen LogP contribution in [0, 0.1) is 13.8 Å². The maximum atomic E-state index is 13.0. The number of nitrogens with zero attached hydrogens (tertiary/aromatic N) is 3. The molecular formula is C24H25N3O5S2. The predicted molar refractivity (Wildman–Crippen MR) is 131 cm³/mol. The number of aromatic nitrogens is 1. The summed E-state index contributed by atoms with van der Waals surface area (Å²) >= 11 is 1.45. The van der Waals surface area contributed by atoms with Crippen molar-refractivity contribution in [1.29, 1.82) is 0 Å². The van der Waals surface area contributed by atoms with E-state index in [0.717, 1.165) is 15.8 Å². The zero-order chi connectivity index (χ0) is 24.3. The fourth-order valence-electron chi connectivity index (χ4n) is 3.78. The van der Waals surface area contributed by atoms with Crippen molar-refractivity contribution >= 4 is 49.5 Å². The number of hydrogen-bond acceptors (Lipinski definition) is 7. The van der Waals surface area contributed by atoms with Gasteiger partial charge in [-0.1, -0.05) is 29.8 Å². The third kappa shape index (κ3) is 5.35. The van der Waals surface area contributed by atoms with Crippen LogP contribution in [-0.2, 0) is 24.3 Å². The zero-order valence-corrected chi connectivity index (χ0v) is 20.6. The average Bonchev–Trinajstić information content (AvgIpc) is 3.24. The largest absolute Gasteiger partial charge is 0.452 e. The highest BCUT2D eigenvalue weighted by Crippen LogP contribution is 2.23. The third-order valence-corrected chi connectivity index (χ3v) is 8.61. The van der Waals surface area contributed by atoms with Gasteiger partial charge < -0.3 is 9.64 Å². The smallest absolute Gasteiger partial charge is 0.331 e. The Morgan fingerprint density at radius 3 is 2.53 bits per heavy atom. The normalized spacial score (nSPS) is 15.2. The minimum atomic E-state index is -3.63. The summed E-state index contributed by atoms with van der Waals surface area (Å²) in [6, 6.07) is 12.9. The Balaban J connectivity index is 1.27. The number of carbonyl (C=O) groups excluding carboxylic acids is 2. The number of fused-ring (bicyclic) bond motifs is 1. The Bertz CT molecular complexity index is 1320. The molecule has 10 heteroatoms. The van der Waals surface area contributed by atoms with Gasteiger partial charge in [0.25, 0.3) is 5.91 Å². The fraction of sp³-hybridized carbons (Fsp3) is 0.292. The summed E-state index contributed by atoms with van der Waals surface area (Å²) in [6.07, 6.45) is 2.81. The summed E-state index contributed by atoms with van der Waals surface area (Å²) in [4.78, 5) is 30.7. The Hall–Kier alpha value is -3.08. The lowest BCUT2D eigenvalue weighted by Gasteiger charge is -2.34. The number of sulfonamides is 1. The number of para-hydroxylation sites is 1. The summed E-state index contributed by atoms with van der Waals surface area (Å²) in [5.74, 6) is -0.992. The van der Waals surface area contributed by atoms with Gasteiger partial charge in [0, 0.05) is 32.3 Å². The number of piperazine rings is 1. The molecule has 4 rings (SSSR count). The Labute approximate surface area is 202 Å². The molecule has 1 aliphatic rings. The first-order valence-corrected chi connectivity index (χ1v) is 13.1. The van der Waals surface area contributed by atoms with Gasteiger partial charge in [0.05, 0.1) is 15.1 Å². The molecule has 0 unspecified atom stereocenters. The summed E-state index contributed by atoms with van der Waals surface area (Å²) in [5, 5.41) is 0.672. The van der Waals surface area contributed by atoms with Gasteiger partial charge >= 0.3 is 5.97 Å². The molecule has 2 heterocycles. The number of esters is 1. The van der Waals surface area contributed by atoms with Crippen molar-refractivity contribution in [2.75, 3.05) is 32.8 Å². The van der Waals surface area contributed by atoms with Crippen molar-refractivity contribution in [3.05, 3.63) is 64.7 Å². The van der Waals surface area contributed by atoms with E-state index >= 15 is 0 Å². The number of amides is 1. The molecular weight excluding hydrogens is 474 g/mol. The van der Waals surface area contributed by atoms with E-state index in [2.05, 4.69) is 4.98 Å². The van der Waals surface area contributed by atoms with Gasteiger partial charge in [-0.05, 0) is 43.7 Å². The van der Waals surface area contributed by atoms with Gasteiger partial charge in [0.15, 0.2) is 6.61 Å². The topological polar surface area (TPSA) is 96.9 Å². The molecule has 0 radical (unpaired) electrons. The van der Waals surface area contributed by atoms with Crippen LogP contribution < -0.4 is 0 Å². The van der Waals surface area contributed by atoms with Gasteiger partial charge in [0.2, 0.25) is 10.0 Å². The Kier molecular flexibility index (Phi) is 7.11. The van der Waals surface area contributed by atoms with Gasteiger partial charge in [-0.3, -0.25) is 4.79 Å². The standard InChI is InChI=1S/C24H25N3O5S2/c1-17-7-8-21(18(2)15-17)34(30,31)27-13-11-26(12-14-27)23(28)16-32-24(29)10-9-22-25-19-5-3-4-6-20(19)33-22/h3-10,15H,11-14,16H2,1-2H3/b10-9+. The zero-order valence-electron chi connectivity index (χ0n) is 18.9. The number of benzene rings is 2. The van der Waals surface area contributed by atoms with Crippen LogP contribution in [0.2, 0.25) is 0 Å². The minimum absolute atomic E-state index is 0.187. The van der Waals surface area contributed by atoms with Crippen molar-refractivity contribution in [3.8, 4) is 0 Å². The number of ether oxygens (including phenoxy) is 1. The number of rotatable bonds is 6. The second-order valence-electron chi connectivity index (χ2n) is 8.01. The molecule has 1 amide bonds. The van der Waals surface area contributed by atoms with E-state index in [1.165, 1.54) is 26.6 Å². The molecule has 0 aliphatic carbocycles. The molecule has 1 fully saturated rings. The third-order valence-electron chi connectivity index (χ3n) is 5.55. The molecule has 3 aromatic rings. The van der Waals surface area contributed by atoms with Crippen LogP contribution in [0.5, 0.6) is 0 Å². The lowest BCUT2D eigenvalue weighted by Crippen LogP contribution is -2.51. The second-order valence-corrected chi connectivity index (χ2v) is 11.0. The summed E-state index contributed by atoms with van der Waals surface area (Å²) in [6.45, 7) is 4.15. The molecule has 2 aromatic carbocycles. The van der Waals surface area contributed by atoms with Crippen molar-refractivity contribution in [2.45, 2.75) is 18.7 Å². The molecule has 0 N–H and O–H groups in total. The maximum Gasteiger partial charge on any atom is 0.331 e. The van der Waals surface area contributed by atoms with Gasteiger partial charge in [-0.2, -0.15) is 4.31 Å². The highest BCUT2D eigenvalue weighted by molar-refractivity contribution is 7.89. The van der Waals surface area contributed by atoms with Crippen molar-refractivity contribution in [1.82, 2.24) is 14.2 Å². The molecule has 0 spiro atoms. The van der Waals surface area contributed by atoms with Crippen LogP contribution in [0.3, 0.4) is 0 Å². The number of aryl methyl sites for hydroxylation is 2. The summed E-state index contributed by atoms with van der Waals surface area (Å²) in [5.41, 5.74) is 2.55. The molecule has 0 saturated carbocycles. The van der Waals surface area contributed by atoms with Gasteiger partial charge in [-0.25, -0.2) is 18.2 Å². The summed E-state index contributed by atoms with van der Waals surface area (Å²) in [7, 11) is -3.63. The highest BCUT2D eigenvalue weighted by atomic mass is 32.2. The van der Waals surface area contributed by atoms with Crippen LogP contribution in [0.15, 0.2) is 53.4 Å². The maximum absolute atomic E-state index is 13.0. The number of thiazole rings is 1. The SMILES string of the molecule is Cc1ccc(S(=O)(=O)N2CCN(C(=O)COC(=O)/C=C/c3nc4ccccc4s3)CC2)c(C)c1. The molecule has 0 bridgehead atoms. The van der Waals surface area contributed by atoms with E-state index in [1.807, 2.05) is 37.3 Å². The first kappa shape index (κ1) is 24.1. The van der Waals surface area contributed by atoms with Crippen LogP contribution in [0.4, 0.5) is 0 Å². The Morgan fingerprint density at radius 2 is 1.82 bits per heavy atom. The van der Waals surface area contributed by atoms with Gasteiger partial charge in [0.1, 0.15) is 5.01 Å². The van der Waals surface area contributed by atoms with Crippen LogP contribution in [0.1, 0.15) is 16.1 Å². The van der Waals surface area contributed by atoms with E-state index in [4.69, 9.17) is 4.74 Å². The van der Waals surface area contributed by atoms with Crippen LogP contribution in [-0.4, -0.2) is 67.3 Å². The van der Waals surface area contributed by atoms with Crippen LogP contribution >= 0.6 is 11.3 Å².